The van der Waals surface area contributed by atoms with Crippen LogP contribution in [0.3, 0.4) is 0 Å². The van der Waals surface area contributed by atoms with Crippen molar-refractivity contribution in [2.75, 3.05) is 6.54 Å². The molecule has 0 aromatic heterocycles. The Hall–Kier alpha value is -0.830. The number of amides is 1. The average Bonchev–Trinajstić information content (AvgIpc) is 2.68. The minimum Gasteiger partial charge on any atom is -0.351 e. The van der Waals surface area contributed by atoms with E-state index in [1.54, 1.807) is 0 Å². The van der Waals surface area contributed by atoms with Crippen molar-refractivity contribution in [2.24, 2.45) is 0 Å². The molecule has 0 saturated carbocycles. The molecule has 2 unspecified atom stereocenters. The van der Waals surface area contributed by atoms with E-state index >= 15 is 0 Å². The van der Waals surface area contributed by atoms with Crippen LogP contribution >= 0.6 is 0 Å². The Morgan fingerprint density at radius 2 is 2.40 bits per heavy atom. The third kappa shape index (κ3) is 2.40. The van der Waals surface area contributed by atoms with E-state index < -0.39 is 0 Å². The van der Waals surface area contributed by atoms with Crippen LogP contribution in [0.1, 0.15) is 39.0 Å². The minimum absolute atomic E-state index is 0.181. The summed E-state index contributed by atoms with van der Waals surface area (Å²) in [5.41, 5.74) is -0.318. The fraction of sp³-hybridized carbons (Fsp3) is 0.750. The number of carbonyl (C=O) groups is 1. The first-order valence-electron chi connectivity index (χ1n) is 5.92. The van der Waals surface area contributed by atoms with Crippen molar-refractivity contribution in [1.29, 1.82) is 0 Å². The molecule has 3 nitrogen and oxygen atoms in total. The molecular formula is C12H20N2O. The van der Waals surface area contributed by atoms with Gasteiger partial charge in [0.2, 0.25) is 5.91 Å². The van der Waals surface area contributed by atoms with Gasteiger partial charge in [-0.05, 0) is 45.6 Å². The van der Waals surface area contributed by atoms with Crippen LogP contribution in [-0.2, 0) is 4.79 Å². The summed E-state index contributed by atoms with van der Waals surface area (Å²) in [7, 11) is 0. The molecule has 1 amide bonds. The van der Waals surface area contributed by atoms with E-state index in [4.69, 9.17) is 0 Å². The molecule has 2 atom stereocenters. The Kier molecular flexibility index (Phi) is 3.10. The van der Waals surface area contributed by atoms with Crippen molar-refractivity contribution >= 4 is 5.91 Å². The molecule has 0 spiro atoms. The highest BCUT2D eigenvalue weighted by molar-refractivity contribution is 5.86. The smallest absolute Gasteiger partial charge is 0.240 e. The molecule has 0 aromatic carbocycles. The number of hydrogen-bond acceptors (Lipinski definition) is 2. The molecule has 1 aliphatic heterocycles. The summed E-state index contributed by atoms with van der Waals surface area (Å²) in [6.07, 6.45) is 9.59. The summed E-state index contributed by atoms with van der Waals surface area (Å²) in [5.74, 6) is 0.181. The van der Waals surface area contributed by atoms with Gasteiger partial charge in [0.1, 0.15) is 0 Å². The summed E-state index contributed by atoms with van der Waals surface area (Å²) < 4.78 is 0. The normalized spacial score (nSPS) is 35.4. The lowest BCUT2D eigenvalue weighted by molar-refractivity contribution is -0.127. The first-order chi connectivity index (χ1) is 7.21. The van der Waals surface area contributed by atoms with Gasteiger partial charge < -0.3 is 10.6 Å². The van der Waals surface area contributed by atoms with Crippen molar-refractivity contribution in [3.05, 3.63) is 12.2 Å². The summed E-state index contributed by atoms with van der Waals surface area (Å²) in [6, 6.07) is 0.349. The second-order valence-corrected chi connectivity index (χ2v) is 4.82. The van der Waals surface area contributed by atoms with E-state index in [1.807, 2.05) is 6.92 Å². The second kappa shape index (κ2) is 4.35. The van der Waals surface area contributed by atoms with Crippen LogP contribution in [0.25, 0.3) is 0 Å². The quantitative estimate of drug-likeness (QED) is 0.673. The Balaban J connectivity index is 1.88. The number of nitrogens with one attached hydrogen (secondary N) is 2. The zero-order valence-electron chi connectivity index (χ0n) is 9.38. The van der Waals surface area contributed by atoms with Gasteiger partial charge in [-0.15, -0.1) is 0 Å². The lowest BCUT2D eigenvalue weighted by Crippen LogP contribution is -2.53. The molecule has 3 heteroatoms. The van der Waals surface area contributed by atoms with Crippen molar-refractivity contribution < 1.29 is 4.79 Å². The molecular weight excluding hydrogens is 188 g/mol. The summed E-state index contributed by atoms with van der Waals surface area (Å²) >= 11 is 0. The van der Waals surface area contributed by atoms with E-state index in [0.717, 1.165) is 38.6 Å². The van der Waals surface area contributed by atoms with Crippen LogP contribution in [0, 0.1) is 0 Å². The van der Waals surface area contributed by atoms with E-state index in [-0.39, 0.29) is 11.4 Å². The molecule has 2 N–H and O–H groups in total. The monoisotopic (exact) mass is 208 g/mol. The zero-order valence-corrected chi connectivity index (χ0v) is 9.38. The molecule has 0 radical (unpaired) electrons. The molecule has 1 heterocycles. The van der Waals surface area contributed by atoms with Crippen molar-refractivity contribution in [2.45, 2.75) is 50.6 Å². The van der Waals surface area contributed by atoms with Crippen LogP contribution in [0.5, 0.6) is 0 Å². The maximum atomic E-state index is 12.0. The number of carbonyl (C=O) groups excluding carboxylic acids is 1. The van der Waals surface area contributed by atoms with Gasteiger partial charge in [-0.25, -0.2) is 0 Å². The highest BCUT2D eigenvalue weighted by Gasteiger charge is 2.36. The molecule has 84 valence electrons. The van der Waals surface area contributed by atoms with Gasteiger partial charge in [-0.2, -0.15) is 0 Å². The van der Waals surface area contributed by atoms with E-state index in [2.05, 4.69) is 22.8 Å². The fourth-order valence-electron chi connectivity index (χ4n) is 2.36. The van der Waals surface area contributed by atoms with Gasteiger partial charge in [-0.1, -0.05) is 12.2 Å². The van der Waals surface area contributed by atoms with Crippen molar-refractivity contribution in [3.8, 4) is 0 Å². The Bertz CT molecular complexity index is 267. The molecule has 1 fully saturated rings. The van der Waals surface area contributed by atoms with E-state index in [9.17, 15) is 4.79 Å². The van der Waals surface area contributed by atoms with Gasteiger partial charge in [0, 0.05) is 6.04 Å². The maximum Gasteiger partial charge on any atom is 0.240 e. The average molecular weight is 208 g/mol. The van der Waals surface area contributed by atoms with Crippen LogP contribution in [0.4, 0.5) is 0 Å². The molecule has 1 aliphatic carbocycles. The highest BCUT2D eigenvalue weighted by atomic mass is 16.2. The maximum absolute atomic E-state index is 12.0. The summed E-state index contributed by atoms with van der Waals surface area (Å²) in [6.45, 7) is 2.97. The first kappa shape index (κ1) is 10.7. The molecule has 0 bridgehead atoms. The van der Waals surface area contributed by atoms with Gasteiger partial charge in [0.05, 0.1) is 5.54 Å². The Labute approximate surface area is 91.3 Å². The molecule has 2 aliphatic rings. The zero-order chi connectivity index (χ0) is 10.7. The fourth-order valence-corrected chi connectivity index (χ4v) is 2.36. The predicted octanol–water partition coefficient (Wildman–Crippen LogP) is 1.35. The van der Waals surface area contributed by atoms with E-state index in [0.29, 0.717) is 6.04 Å². The second-order valence-electron chi connectivity index (χ2n) is 4.82. The lowest BCUT2D eigenvalue weighted by atomic mass is 9.96. The molecule has 1 saturated heterocycles. The third-order valence-electron chi connectivity index (χ3n) is 3.47. The molecule has 0 aromatic rings. The third-order valence-corrected chi connectivity index (χ3v) is 3.47. The number of allylic oxidation sites excluding steroid dienone is 1. The van der Waals surface area contributed by atoms with Crippen LogP contribution in [0.2, 0.25) is 0 Å². The van der Waals surface area contributed by atoms with Crippen LogP contribution < -0.4 is 10.6 Å². The van der Waals surface area contributed by atoms with Gasteiger partial charge in [0.15, 0.2) is 0 Å². The standard InChI is InChI=1S/C12H20N2O/c1-12(8-5-9-13-12)11(15)14-10-6-3-2-4-7-10/h2-3,10,13H,4-9H2,1H3,(H,14,15). The van der Waals surface area contributed by atoms with Gasteiger partial charge in [-0.3, -0.25) is 4.79 Å². The lowest BCUT2D eigenvalue weighted by Gasteiger charge is -2.27. The highest BCUT2D eigenvalue weighted by Crippen LogP contribution is 2.20. The van der Waals surface area contributed by atoms with Crippen LogP contribution in [-0.4, -0.2) is 24.0 Å². The first-order valence-corrected chi connectivity index (χ1v) is 5.92. The topological polar surface area (TPSA) is 41.1 Å². The predicted molar refractivity (Wildman–Crippen MR) is 60.6 cm³/mol. The largest absolute Gasteiger partial charge is 0.351 e. The molecule has 2 rings (SSSR count). The summed E-state index contributed by atoms with van der Waals surface area (Å²) in [5, 5.41) is 6.44. The van der Waals surface area contributed by atoms with Gasteiger partial charge in [0.25, 0.3) is 0 Å². The van der Waals surface area contributed by atoms with Gasteiger partial charge >= 0.3 is 0 Å². The Morgan fingerprint density at radius 3 is 3.00 bits per heavy atom. The number of hydrogen-bond donors (Lipinski definition) is 2. The SMILES string of the molecule is CC1(C(=O)NC2CC=CCC2)CCCN1. The van der Waals surface area contributed by atoms with Crippen LogP contribution in [0.15, 0.2) is 12.2 Å². The number of rotatable bonds is 2. The van der Waals surface area contributed by atoms with Crippen molar-refractivity contribution in [1.82, 2.24) is 10.6 Å². The minimum atomic E-state index is -0.318. The Morgan fingerprint density at radius 1 is 1.53 bits per heavy atom. The summed E-state index contributed by atoms with van der Waals surface area (Å²) in [4.78, 5) is 12.0. The van der Waals surface area contributed by atoms with Crippen molar-refractivity contribution in [3.63, 3.8) is 0 Å². The van der Waals surface area contributed by atoms with E-state index in [1.165, 1.54) is 0 Å². The molecule has 15 heavy (non-hydrogen) atoms.